The van der Waals surface area contributed by atoms with E-state index in [1.165, 1.54) is 16.0 Å². The molecule has 1 nitrogen and oxygen atoms in total. The second-order valence-corrected chi connectivity index (χ2v) is 8.80. The topological polar surface area (TPSA) is 9.23 Å². The molecule has 2 aromatic carbocycles. The highest BCUT2D eigenvalue weighted by Gasteiger charge is 2.12. The first-order valence-corrected chi connectivity index (χ1v) is 10.2. The van der Waals surface area contributed by atoms with Gasteiger partial charge in [0.1, 0.15) is 5.75 Å². The maximum atomic E-state index is 6.02. The van der Waals surface area contributed by atoms with Crippen LogP contribution in [0.25, 0.3) is 4.91 Å². The zero-order valence-electron chi connectivity index (χ0n) is 15.2. The van der Waals surface area contributed by atoms with E-state index >= 15 is 0 Å². The number of thioether (sulfide) groups is 1. The predicted octanol–water partition coefficient (Wildman–Crippen LogP) is 7.01. The van der Waals surface area contributed by atoms with E-state index in [1.807, 2.05) is 18.2 Å². The molecule has 0 heterocycles. The first-order valence-electron chi connectivity index (χ1n) is 8.48. The Morgan fingerprint density at radius 3 is 2.48 bits per heavy atom. The van der Waals surface area contributed by atoms with Crippen molar-refractivity contribution < 1.29 is 4.74 Å². The van der Waals surface area contributed by atoms with E-state index in [0.717, 1.165) is 26.9 Å². The van der Waals surface area contributed by atoms with Gasteiger partial charge in [-0.15, -0.1) is 25.3 Å². The molecule has 0 saturated carbocycles. The van der Waals surface area contributed by atoms with Crippen LogP contribution in [-0.4, -0.2) is 6.61 Å². The summed E-state index contributed by atoms with van der Waals surface area (Å²) >= 11 is 11.1. The van der Waals surface area contributed by atoms with Crippen LogP contribution in [0.2, 0.25) is 0 Å². The molecule has 0 aliphatic heterocycles. The SMILES string of the molecule is Cc1ccc(OCCC(C)C)c(C(S)=C(S)Sc2ccccc2C)c1. The molecule has 0 aromatic heterocycles. The molecule has 0 saturated heterocycles. The first-order chi connectivity index (χ1) is 11.9. The third-order valence-electron chi connectivity index (χ3n) is 3.85. The Bertz CT molecular complexity index is 751. The van der Waals surface area contributed by atoms with Crippen molar-refractivity contribution in [1.29, 1.82) is 0 Å². The van der Waals surface area contributed by atoms with Gasteiger partial charge in [-0.3, -0.25) is 0 Å². The molecule has 0 bridgehead atoms. The summed E-state index contributed by atoms with van der Waals surface area (Å²) in [6.07, 6.45) is 1.03. The molecule has 0 fully saturated rings. The summed E-state index contributed by atoms with van der Waals surface area (Å²) in [4.78, 5) is 2.04. The first kappa shape index (κ1) is 20.3. The number of thiol groups is 2. The Kier molecular flexibility index (Phi) is 7.85. The fraction of sp³-hybridized carbons (Fsp3) is 0.333. The summed E-state index contributed by atoms with van der Waals surface area (Å²) in [6, 6.07) is 14.5. The second-order valence-electron chi connectivity index (χ2n) is 6.55. The molecule has 134 valence electrons. The summed E-state index contributed by atoms with van der Waals surface area (Å²) in [5.41, 5.74) is 3.41. The number of rotatable bonds is 7. The molecule has 0 aliphatic rings. The molecule has 0 radical (unpaired) electrons. The number of benzene rings is 2. The molecule has 4 heteroatoms. The zero-order valence-corrected chi connectivity index (χ0v) is 17.8. The third kappa shape index (κ3) is 6.05. The molecule has 0 atom stereocenters. The van der Waals surface area contributed by atoms with Crippen molar-refractivity contribution in [2.75, 3.05) is 6.61 Å². The van der Waals surface area contributed by atoms with Crippen LogP contribution >= 0.6 is 37.0 Å². The van der Waals surface area contributed by atoms with Gasteiger partial charge >= 0.3 is 0 Å². The summed E-state index contributed by atoms with van der Waals surface area (Å²) < 4.78 is 6.89. The lowest BCUT2D eigenvalue weighted by molar-refractivity contribution is 0.289. The normalized spacial score (nSPS) is 12.3. The van der Waals surface area contributed by atoms with E-state index in [2.05, 4.69) is 52.0 Å². The Morgan fingerprint density at radius 2 is 1.80 bits per heavy atom. The Morgan fingerprint density at radius 1 is 1.08 bits per heavy atom. The maximum Gasteiger partial charge on any atom is 0.127 e. The van der Waals surface area contributed by atoms with Crippen molar-refractivity contribution in [2.24, 2.45) is 5.92 Å². The fourth-order valence-corrected chi connectivity index (χ4v) is 3.82. The van der Waals surface area contributed by atoms with Crippen molar-refractivity contribution >= 4 is 41.9 Å². The smallest absolute Gasteiger partial charge is 0.127 e. The van der Waals surface area contributed by atoms with Crippen LogP contribution in [0, 0.1) is 19.8 Å². The molecule has 25 heavy (non-hydrogen) atoms. The minimum Gasteiger partial charge on any atom is -0.493 e. The maximum absolute atomic E-state index is 6.02. The largest absolute Gasteiger partial charge is 0.493 e. The van der Waals surface area contributed by atoms with E-state index in [0.29, 0.717) is 12.5 Å². The van der Waals surface area contributed by atoms with E-state index in [-0.39, 0.29) is 0 Å². The molecular formula is C21H26OS3. The van der Waals surface area contributed by atoms with Gasteiger partial charge in [0, 0.05) is 15.4 Å². The lowest BCUT2D eigenvalue weighted by atomic mass is 10.1. The molecule has 2 aromatic rings. The number of hydrogen-bond acceptors (Lipinski definition) is 4. The quantitative estimate of drug-likeness (QED) is 0.389. The summed E-state index contributed by atoms with van der Waals surface area (Å²) in [7, 11) is 0. The van der Waals surface area contributed by atoms with Crippen LogP contribution < -0.4 is 4.74 Å². The number of hydrogen-bond donors (Lipinski definition) is 2. The lowest BCUT2D eigenvalue weighted by Crippen LogP contribution is -2.03. The third-order valence-corrected chi connectivity index (χ3v) is 6.21. The molecule has 0 N–H and O–H groups in total. The van der Waals surface area contributed by atoms with Gasteiger partial charge in [-0.2, -0.15) is 0 Å². The minimum absolute atomic E-state index is 0.622. The van der Waals surface area contributed by atoms with Crippen molar-refractivity contribution in [3.05, 3.63) is 63.4 Å². The molecule has 0 aliphatic carbocycles. The average Bonchev–Trinajstić information content (AvgIpc) is 2.57. The van der Waals surface area contributed by atoms with Gasteiger partial charge in [0.2, 0.25) is 0 Å². The van der Waals surface area contributed by atoms with E-state index in [9.17, 15) is 0 Å². The Balaban J connectivity index is 2.28. The standard InChI is InChI=1S/C21H26OS3/c1-14(2)11-12-22-18-10-9-15(3)13-17(18)20(23)21(24)25-19-8-6-5-7-16(19)4/h5-10,13-14,23-24H,11-12H2,1-4H3. The molecule has 0 spiro atoms. The van der Waals surface area contributed by atoms with Crippen LogP contribution in [0.1, 0.15) is 37.0 Å². The van der Waals surface area contributed by atoms with Crippen molar-refractivity contribution in [2.45, 2.75) is 39.0 Å². The molecule has 2 rings (SSSR count). The molecule has 0 unspecified atom stereocenters. The number of ether oxygens (including phenoxy) is 1. The van der Waals surface area contributed by atoms with Crippen LogP contribution in [0.15, 0.2) is 51.6 Å². The van der Waals surface area contributed by atoms with Gasteiger partial charge < -0.3 is 4.74 Å². The summed E-state index contributed by atoms with van der Waals surface area (Å²) in [6.45, 7) is 9.30. The van der Waals surface area contributed by atoms with E-state index in [1.54, 1.807) is 11.8 Å². The van der Waals surface area contributed by atoms with Crippen LogP contribution in [-0.2, 0) is 0 Å². The van der Waals surface area contributed by atoms with Gasteiger partial charge in [-0.1, -0.05) is 55.4 Å². The number of aryl methyl sites for hydroxylation is 2. The lowest BCUT2D eigenvalue weighted by Gasteiger charge is -2.15. The van der Waals surface area contributed by atoms with Gasteiger partial charge in [0.25, 0.3) is 0 Å². The fourth-order valence-electron chi connectivity index (χ4n) is 2.30. The van der Waals surface area contributed by atoms with Crippen LogP contribution in [0.4, 0.5) is 0 Å². The highest BCUT2D eigenvalue weighted by Crippen LogP contribution is 2.41. The monoisotopic (exact) mass is 390 g/mol. The average molecular weight is 391 g/mol. The minimum atomic E-state index is 0.622. The predicted molar refractivity (Wildman–Crippen MR) is 118 cm³/mol. The highest BCUT2D eigenvalue weighted by atomic mass is 32.2. The van der Waals surface area contributed by atoms with Crippen LogP contribution in [0.3, 0.4) is 0 Å². The van der Waals surface area contributed by atoms with Gasteiger partial charge in [-0.25, -0.2) is 0 Å². The van der Waals surface area contributed by atoms with Gasteiger partial charge in [0.15, 0.2) is 0 Å². The van der Waals surface area contributed by atoms with E-state index < -0.39 is 0 Å². The Labute approximate surface area is 167 Å². The Hall–Kier alpha value is -0.970. The molecule has 0 amide bonds. The van der Waals surface area contributed by atoms with Crippen molar-refractivity contribution in [3.8, 4) is 5.75 Å². The highest BCUT2D eigenvalue weighted by molar-refractivity contribution is 8.17. The van der Waals surface area contributed by atoms with Gasteiger partial charge in [-0.05, 0) is 49.9 Å². The second kappa shape index (κ2) is 9.65. The zero-order chi connectivity index (χ0) is 18.4. The summed E-state index contributed by atoms with van der Waals surface area (Å²) in [5, 5.41) is 0. The summed E-state index contributed by atoms with van der Waals surface area (Å²) in [5.74, 6) is 1.49. The van der Waals surface area contributed by atoms with E-state index in [4.69, 9.17) is 30.0 Å². The van der Waals surface area contributed by atoms with Crippen molar-refractivity contribution in [1.82, 2.24) is 0 Å². The van der Waals surface area contributed by atoms with Crippen molar-refractivity contribution in [3.63, 3.8) is 0 Å². The van der Waals surface area contributed by atoms with Crippen LogP contribution in [0.5, 0.6) is 5.75 Å². The van der Waals surface area contributed by atoms with Gasteiger partial charge in [0.05, 0.1) is 10.8 Å². The molecular weight excluding hydrogens is 364 g/mol.